The molecule has 0 aromatic heterocycles. The Hall–Kier alpha value is -2.00. The second-order valence-corrected chi connectivity index (χ2v) is 5.81. The van der Waals surface area contributed by atoms with Crippen LogP contribution in [0.2, 0.25) is 0 Å². The Morgan fingerprint density at radius 2 is 1.92 bits per heavy atom. The number of esters is 1. The number of amides is 1. The summed E-state index contributed by atoms with van der Waals surface area (Å²) in [4.78, 5) is 22.9. The molecule has 1 heterocycles. The Morgan fingerprint density at radius 1 is 1.24 bits per heavy atom. The average Bonchev–Trinajstić information content (AvgIpc) is 2.57. The van der Waals surface area contributed by atoms with E-state index in [0.717, 1.165) is 5.56 Å². The number of carbonyl (C=O) groups is 2. The van der Waals surface area contributed by atoms with Crippen LogP contribution in [0.15, 0.2) is 30.3 Å². The fourth-order valence-electron chi connectivity index (χ4n) is 2.68. The molecule has 1 fully saturated rings. The van der Waals surface area contributed by atoms with Gasteiger partial charge in [-0.05, 0) is 5.56 Å². The van der Waals surface area contributed by atoms with Crippen molar-refractivity contribution >= 4 is 11.9 Å². The van der Waals surface area contributed by atoms with Gasteiger partial charge >= 0.3 is 5.97 Å². The van der Waals surface area contributed by atoms with Crippen LogP contribution in [-0.2, 0) is 30.4 Å². The van der Waals surface area contributed by atoms with Crippen molar-refractivity contribution in [3.8, 4) is 0 Å². The molecule has 3 N–H and O–H groups in total. The van der Waals surface area contributed by atoms with Gasteiger partial charge in [-0.2, -0.15) is 0 Å². The number of hydrogen-bond acceptors (Lipinski definition) is 7. The van der Waals surface area contributed by atoms with E-state index >= 15 is 0 Å². The monoisotopic (exact) mass is 353 g/mol. The number of carbonyl (C=O) groups excluding carboxylic acids is 2. The lowest BCUT2D eigenvalue weighted by Crippen LogP contribution is -2.65. The maximum atomic E-state index is 11.5. The van der Waals surface area contributed by atoms with Crippen LogP contribution in [0.3, 0.4) is 0 Å². The van der Waals surface area contributed by atoms with Crippen molar-refractivity contribution in [2.24, 2.45) is 0 Å². The molecular weight excluding hydrogens is 330 g/mol. The molecule has 0 aliphatic carbocycles. The Bertz CT molecular complexity index is 580. The van der Waals surface area contributed by atoms with E-state index < -0.39 is 49.1 Å². The van der Waals surface area contributed by atoms with E-state index in [9.17, 15) is 19.8 Å². The van der Waals surface area contributed by atoms with Gasteiger partial charge in [0, 0.05) is 13.8 Å². The van der Waals surface area contributed by atoms with Gasteiger partial charge in [0.1, 0.15) is 18.2 Å². The molecule has 25 heavy (non-hydrogen) atoms. The lowest BCUT2D eigenvalue weighted by molar-refractivity contribution is -0.276. The van der Waals surface area contributed by atoms with Crippen LogP contribution in [-0.4, -0.2) is 59.3 Å². The smallest absolute Gasteiger partial charge is 0.303 e. The zero-order valence-electron chi connectivity index (χ0n) is 14.1. The molecule has 0 spiro atoms. The predicted octanol–water partition coefficient (Wildman–Crippen LogP) is -0.282. The molecule has 1 aromatic carbocycles. The minimum Gasteiger partial charge on any atom is -0.457 e. The molecule has 5 atom stereocenters. The predicted molar refractivity (Wildman–Crippen MR) is 86.1 cm³/mol. The SMILES string of the molecule is CC(=O)N[C@H]1[C@@H](OCc2ccccc2)O[C@@H](CO)[C@H](O)[C@@H]1OC(C)=O. The van der Waals surface area contributed by atoms with E-state index in [-0.39, 0.29) is 6.61 Å². The van der Waals surface area contributed by atoms with Gasteiger partial charge in [0.25, 0.3) is 0 Å². The lowest BCUT2D eigenvalue weighted by atomic mass is 9.96. The summed E-state index contributed by atoms with van der Waals surface area (Å²) in [6, 6.07) is 8.38. The van der Waals surface area contributed by atoms with Crippen LogP contribution in [0.4, 0.5) is 0 Å². The molecule has 1 saturated heterocycles. The van der Waals surface area contributed by atoms with E-state index in [1.165, 1.54) is 13.8 Å². The fourth-order valence-corrected chi connectivity index (χ4v) is 2.68. The summed E-state index contributed by atoms with van der Waals surface area (Å²) in [5.41, 5.74) is 0.878. The second-order valence-electron chi connectivity index (χ2n) is 5.81. The van der Waals surface area contributed by atoms with E-state index in [2.05, 4.69) is 5.32 Å². The zero-order valence-corrected chi connectivity index (χ0v) is 14.1. The second kappa shape index (κ2) is 8.91. The zero-order chi connectivity index (χ0) is 18.4. The van der Waals surface area contributed by atoms with Crippen LogP contribution in [0, 0.1) is 0 Å². The van der Waals surface area contributed by atoms with Gasteiger partial charge in [-0.3, -0.25) is 9.59 Å². The molecule has 8 nitrogen and oxygen atoms in total. The van der Waals surface area contributed by atoms with Gasteiger partial charge in [-0.25, -0.2) is 0 Å². The highest BCUT2D eigenvalue weighted by atomic mass is 16.7. The van der Waals surface area contributed by atoms with E-state index in [4.69, 9.17) is 14.2 Å². The largest absolute Gasteiger partial charge is 0.457 e. The van der Waals surface area contributed by atoms with Crippen molar-refractivity contribution < 1.29 is 34.0 Å². The van der Waals surface area contributed by atoms with Crippen molar-refractivity contribution in [2.75, 3.05) is 6.61 Å². The highest BCUT2D eigenvalue weighted by Gasteiger charge is 2.48. The van der Waals surface area contributed by atoms with Crippen LogP contribution in [0.1, 0.15) is 19.4 Å². The van der Waals surface area contributed by atoms with Crippen molar-refractivity contribution in [1.29, 1.82) is 0 Å². The summed E-state index contributed by atoms with van der Waals surface area (Å²) < 4.78 is 16.4. The molecule has 0 unspecified atom stereocenters. The first kappa shape index (κ1) is 19.3. The van der Waals surface area contributed by atoms with Gasteiger partial charge in [0.2, 0.25) is 5.91 Å². The first-order chi connectivity index (χ1) is 11.9. The Labute approximate surface area is 145 Å². The first-order valence-electron chi connectivity index (χ1n) is 7.96. The van der Waals surface area contributed by atoms with E-state index in [1.807, 2.05) is 30.3 Å². The molecule has 138 valence electrons. The summed E-state index contributed by atoms with van der Waals surface area (Å²) in [6.45, 7) is 2.18. The summed E-state index contributed by atoms with van der Waals surface area (Å²) >= 11 is 0. The normalized spacial score (nSPS) is 29.0. The maximum Gasteiger partial charge on any atom is 0.303 e. The minimum absolute atomic E-state index is 0.183. The van der Waals surface area contributed by atoms with Gasteiger partial charge < -0.3 is 29.7 Å². The average molecular weight is 353 g/mol. The van der Waals surface area contributed by atoms with Crippen molar-refractivity contribution in [3.05, 3.63) is 35.9 Å². The van der Waals surface area contributed by atoms with E-state index in [0.29, 0.717) is 0 Å². The third-order valence-electron chi connectivity index (χ3n) is 3.78. The number of ether oxygens (including phenoxy) is 3. The van der Waals surface area contributed by atoms with E-state index in [1.54, 1.807) is 0 Å². The van der Waals surface area contributed by atoms with Crippen molar-refractivity contribution in [2.45, 2.75) is 51.1 Å². The Morgan fingerprint density at radius 3 is 2.48 bits per heavy atom. The minimum atomic E-state index is -1.30. The lowest BCUT2D eigenvalue weighted by Gasteiger charge is -2.43. The number of nitrogens with one attached hydrogen (secondary N) is 1. The number of aliphatic hydroxyl groups is 2. The number of aliphatic hydroxyl groups excluding tert-OH is 2. The molecule has 1 aliphatic heterocycles. The fraction of sp³-hybridized carbons (Fsp3) is 0.529. The van der Waals surface area contributed by atoms with Crippen LogP contribution >= 0.6 is 0 Å². The standard InChI is InChI=1S/C17H23NO7/c1-10(20)18-14-16(24-11(2)21)15(22)13(8-19)25-17(14)23-9-12-6-4-3-5-7-12/h3-7,13-17,19,22H,8-9H2,1-2H3,(H,18,20)/t13-,14+,15-,16+,17-/m0/s1. The van der Waals surface area contributed by atoms with Gasteiger partial charge in [0.05, 0.1) is 13.2 Å². The molecule has 1 amide bonds. The number of hydrogen-bond donors (Lipinski definition) is 3. The first-order valence-corrected chi connectivity index (χ1v) is 7.96. The highest BCUT2D eigenvalue weighted by Crippen LogP contribution is 2.25. The summed E-state index contributed by atoms with van der Waals surface area (Å²) in [7, 11) is 0. The molecule has 0 bridgehead atoms. The van der Waals surface area contributed by atoms with Gasteiger partial charge in [-0.15, -0.1) is 0 Å². The molecular formula is C17H23NO7. The highest BCUT2D eigenvalue weighted by molar-refractivity contribution is 5.73. The Balaban J connectivity index is 2.19. The quantitative estimate of drug-likeness (QED) is 0.603. The van der Waals surface area contributed by atoms with Gasteiger partial charge in [-0.1, -0.05) is 30.3 Å². The summed E-state index contributed by atoms with van der Waals surface area (Å²) in [5.74, 6) is -1.02. The topological polar surface area (TPSA) is 114 Å². The number of benzene rings is 1. The Kier molecular flexibility index (Phi) is 6.89. The molecule has 1 aromatic rings. The summed E-state index contributed by atoms with van der Waals surface area (Å²) in [6.07, 6.45) is -4.42. The molecule has 1 aliphatic rings. The maximum absolute atomic E-state index is 11.5. The van der Waals surface area contributed by atoms with Crippen LogP contribution in [0.5, 0.6) is 0 Å². The van der Waals surface area contributed by atoms with Crippen LogP contribution < -0.4 is 5.32 Å². The van der Waals surface area contributed by atoms with Crippen molar-refractivity contribution in [1.82, 2.24) is 5.32 Å². The third kappa shape index (κ3) is 5.23. The van der Waals surface area contributed by atoms with Gasteiger partial charge in [0.15, 0.2) is 12.4 Å². The molecule has 0 saturated carbocycles. The molecule has 8 heteroatoms. The third-order valence-corrected chi connectivity index (χ3v) is 3.78. The van der Waals surface area contributed by atoms with Crippen LogP contribution in [0.25, 0.3) is 0 Å². The molecule has 0 radical (unpaired) electrons. The van der Waals surface area contributed by atoms with Crippen molar-refractivity contribution in [3.63, 3.8) is 0 Å². The summed E-state index contributed by atoms with van der Waals surface area (Å²) in [5, 5.41) is 22.3. The molecule has 2 rings (SSSR count). The number of rotatable bonds is 6.